The lowest BCUT2D eigenvalue weighted by atomic mass is 10.3. The molecule has 2 rings (SSSR count). The molecule has 0 saturated heterocycles. The third-order valence-electron chi connectivity index (χ3n) is 1.85. The van der Waals surface area contributed by atoms with Gasteiger partial charge in [0.2, 0.25) is 0 Å². The Balaban J connectivity index is 2.52. The predicted octanol–water partition coefficient (Wildman–Crippen LogP) is 1.85. The zero-order chi connectivity index (χ0) is 9.97. The van der Waals surface area contributed by atoms with Gasteiger partial charge >= 0.3 is 0 Å². The molecule has 0 saturated carbocycles. The van der Waals surface area contributed by atoms with Crippen LogP contribution in [0.4, 0.5) is 11.5 Å². The topological polar surface area (TPSA) is 73.3 Å². The average Bonchev–Trinajstić information content (AvgIpc) is 2.65. The minimum absolute atomic E-state index is 0.359. The summed E-state index contributed by atoms with van der Waals surface area (Å²) in [6.07, 6.45) is 1.59. The summed E-state index contributed by atoms with van der Waals surface area (Å²) in [6, 6.07) is 8.46. The fraction of sp³-hybridized carbons (Fsp3) is 0. The Morgan fingerprint density at radius 1 is 1.36 bits per heavy atom. The van der Waals surface area contributed by atoms with E-state index in [0.717, 1.165) is 5.69 Å². The standard InChI is InChI=1S/C9H8N4O/c10-9-4-5-11-13(9)8-3-1-2-7(6-8)12-14/h1-6H,10H2. The van der Waals surface area contributed by atoms with Crippen LogP contribution in [0.25, 0.3) is 5.69 Å². The molecule has 0 aliphatic heterocycles. The van der Waals surface area contributed by atoms with E-state index in [9.17, 15) is 4.91 Å². The molecule has 14 heavy (non-hydrogen) atoms. The van der Waals surface area contributed by atoms with Gasteiger partial charge in [0.1, 0.15) is 11.5 Å². The number of nitrogen functional groups attached to an aromatic ring is 1. The molecule has 1 heterocycles. The van der Waals surface area contributed by atoms with E-state index in [1.54, 1.807) is 36.5 Å². The van der Waals surface area contributed by atoms with Crippen LogP contribution in [-0.2, 0) is 0 Å². The van der Waals surface area contributed by atoms with E-state index in [2.05, 4.69) is 10.3 Å². The molecule has 0 amide bonds. The fourth-order valence-corrected chi connectivity index (χ4v) is 1.21. The monoisotopic (exact) mass is 188 g/mol. The average molecular weight is 188 g/mol. The first-order chi connectivity index (χ1) is 6.81. The molecule has 5 nitrogen and oxygen atoms in total. The number of rotatable bonds is 2. The van der Waals surface area contributed by atoms with Crippen molar-refractivity contribution in [3.8, 4) is 5.69 Å². The van der Waals surface area contributed by atoms with Crippen molar-refractivity contribution in [2.24, 2.45) is 5.18 Å². The maximum Gasteiger partial charge on any atom is 0.127 e. The van der Waals surface area contributed by atoms with Gasteiger partial charge in [0.15, 0.2) is 0 Å². The minimum Gasteiger partial charge on any atom is -0.384 e. The van der Waals surface area contributed by atoms with Crippen LogP contribution in [0.3, 0.4) is 0 Å². The van der Waals surface area contributed by atoms with E-state index in [-0.39, 0.29) is 0 Å². The Morgan fingerprint density at radius 2 is 2.21 bits per heavy atom. The smallest absolute Gasteiger partial charge is 0.127 e. The molecule has 0 fully saturated rings. The normalized spacial score (nSPS) is 10.0. The van der Waals surface area contributed by atoms with Crippen LogP contribution in [0.2, 0.25) is 0 Å². The van der Waals surface area contributed by atoms with Gasteiger partial charge in [0, 0.05) is 6.07 Å². The van der Waals surface area contributed by atoms with Gasteiger partial charge in [-0.1, -0.05) is 6.07 Å². The number of nitrogens with two attached hydrogens (primary N) is 1. The van der Waals surface area contributed by atoms with E-state index < -0.39 is 0 Å². The van der Waals surface area contributed by atoms with Crippen LogP contribution < -0.4 is 5.73 Å². The van der Waals surface area contributed by atoms with E-state index in [0.29, 0.717) is 11.5 Å². The predicted molar refractivity (Wildman–Crippen MR) is 53.4 cm³/mol. The Kier molecular flexibility index (Phi) is 1.98. The molecule has 1 aromatic carbocycles. The molecule has 5 heteroatoms. The molecule has 2 N–H and O–H groups in total. The van der Waals surface area contributed by atoms with Crippen molar-refractivity contribution in [2.75, 3.05) is 5.73 Å². The highest BCUT2D eigenvalue weighted by molar-refractivity contribution is 5.49. The molecule has 70 valence electrons. The third-order valence-corrected chi connectivity index (χ3v) is 1.85. The van der Waals surface area contributed by atoms with Crippen LogP contribution >= 0.6 is 0 Å². The molecule has 0 spiro atoms. The summed E-state index contributed by atoms with van der Waals surface area (Å²) in [7, 11) is 0. The van der Waals surface area contributed by atoms with Crippen LogP contribution in [0.5, 0.6) is 0 Å². The maximum atomic E-state index is 10.3. The molecular weight excluding hydrogens is 180 g/mol. The van der Waals surface area contributed by atoms with E-state index in [4.69, 9.17) is 5.73 Å². The third kappa shape index (κ3) is 1.35. The number of nitrogens with zero attached hydrogens (tertiary/aromatic N) is 3. The molecule has 1 aromatic heterocycles. The van der Waals surface area contributed by atoms with Gasteiger partial charge in [0.05, 0.1) is 11.9 Å². The number of hydrogen-bond acceptors (Lipinski definition) is 4. The lowest BCUT2D eigenvalue weighted by Crippen LogP contribution is -2.00. The van der Waals surface area contributed by atoms with Crippen molar-refractivity contribution in [3.05, 3.63) is 41.4 Å². The SMILES string of the molecule is Nc1ccnn1-c1cccc(N=O)c1. The van der Waals surface area contributed by atoms with Crippen LogP contribution in [-0.4, -0.2) is 9.78 Å². The summed E-state index contributed by atoms with van der Waals surface area (Å²) >= 11 is 0. The van der Waals surface area contributed by atoms with Crippen LogP contribution in [0.1, 0.15) is 0 Å². The Hall–Kier alpha value is -2.17. The van der Waals surface area contributed by atoms with Gasteiger partial charge < -0.3 is 5.73 Å². The second kappa shape index (κ2) is 3.29. The molecule has 0 bridgehead atoms. The van der Waals surface area contributed by atoms with Gasteiger partial charge in [-0.25, -0.2) is 4.68 Å². The Labute approximate surface area is 80.1 Å². The quantitative estimate of drug-likeness (QED) is 0.731. The number of anilines is 1. The number of hydrogen-bond donors (Lipinski definition) is 1. The van der Waals surface area contributed by atoms with Gasteiger partial charge in [0.25, 0.3) is 0 Å². The maximum absolute atomic E-state index is 10.3. The van der Waals surface area contributed by atoms with Crippen molar-refractivity contribution in [1.82, 2.24) is 9.78 Å². The Morgan fingerprint density at radius 3 is 2.86 bits per heavy atom. The molecular formula is C9H8N4O. The highest BCUT2D eigenvalue weighted by atomic mass is 16.3. The van der Waals surface area contributed by atoms with E-state index in [1.165, 1.54) is 4.68 Å². The summed E-state index contributed by atoms with van der Waals surface area (Å²) < 4.78 is 1.54. The molecule has 0 aliphatic rings. The second-order valence-electron chi connectivity index (χ2n) is 2.78. The van der Waals surface area contributed by atoms with Crippen molar-refractivity contribution < 1.29 is 0 Å². The molecule has 0 aliphatic carbocycles. The van der Waals surface area contributed by atoms with Gasteiger partial charge in [-0.05, 0) is 23.4 Å². The molecule has 0 radical (unpaired) electrons. The highest BCUT2D eigenvalue weighted by Gasteiger charge is 2.01. The lowest BCUT2D eigenvalue weighted by molar-refractivity contribution is 0.891. The minimum atomic E-state index is 0.359. The van der Waals surface area contributed by atoms with Gasteiger partial charge in [-0.3, -0.25) is 0 Å². The summed E-state index contributed by atoms with van der Waals surface area (Å²) in [5.74, 6) is 0.521. The van der Waals surface area contributed by atoms with Crippen molar-refractivity contribution in [2.45, 2.75) is 0 Å². The first-order valence-electron chi connectivity index (χ1n) is 4.04. The summed E-state index contributed by atoms with van der Waals surface area (Å²) in [5, 5.41) is 6.85. The molecule has 2 aromatic rings. The van der Waals surface area contributed by atoms with E-state index in [1.807, 2.05) is 0 Å². The van der Waals surface area contributed by atoms with Crippen molar-refractivity contribution >= 4 is 11.5 Å². The van der Waals surface area contributed by atoms with Crippen molar-refractivity contribution in [3.63, 3.8) is 0 Å². The summed E-state index contributed by atoms with van der Waals surface area (Å²) in [5.41, 5.74) is 6.74. The van der Waals surface area contributed by atoms with Gasteiger partial charge in [-0.15, -0.1) is 4.91 Å². The zero-order valence-electron chi connectivity index (χ0n) is 7.29. The van der Waals surface area contributed by atoms with Gasteiger partial charge in [-0.2, -0.15) is 5.10 Å². The number of nitroso groups, excluding NO2 is 1. The van der Waals surface area contributed by atoms with E-state index >= 15 is 0 Å². The largest absolute Gasteiger partial charge is 0.384 e. The fourth-order valence-electron chi connectivity index (χ4n) is 1.21. The highest BCUT2D eigenvalue weighted by Crippen LogP contribution is 2.18. The first kappa shape index (κ1) is 8.43. The number of benzene rings is 1. The summed E-state index contributed by atoms with van der Waals surface area (Å²) in [4.78, 5) is 10.3. The lowest BCUT2D eigenvalue weighted by Gasteiger charge is -2.03. The van der Waals surface area contributed by atoms with Crippen molar-refractivity contribution in [1.29, 1.82) is 0 Å². The Bertz CT molecular complexity index is 463. The second-order valence-corrected chi connectivity index (χ2v) is 2.78. The van der Waals surface area contributed by atoms with Crippen LogP contribution in [0, 0.1) is 4.91 Å². The van der Waals surface area contributed by atoms with Crippen LogP contribution in [0.15, 0.2) is 41.7 Å². The molecule has 0 unspecified atom stereocenters. The molecule has 0 atom stereocenters. The zero-order valence-corrected chi connectivity index (χ0v) is 7.29. The number of aromatic nitrogens is 2. The first-order valence-corrected chi connectivity index (χ1v) is 4.04. The summed E-state index contributed by atoms with van der Waals surface area (Å²) in [6.45, 7) is 0.